The second-order valence-electron chi connectivity index (χ2n) is 9.94. The molecule has 2 aromatic carbocycles. The molecule has 0 bridgehead atoms. The van der Waals surface area contributed by atoms with Gasteiger partial charge in [-0.3, -0.25) is 9.78 Å². The van der Waals surface area contributed by atoms with Crippen LogP contribution in [0.4, 0.5) is 4.39 Å². The molecule has 3 aromatic rings. The smallest absolute Gasteiger partial charge is 0.247 e. The number of hydrogen-bond acceptors (Lipinski definition) is 6. The molecule has 0 saturated carbocycles. The van der Waals surface area contributed by atoms with E-state index in [1.54, 1.807) is 61.6 Å². The van der Waals surface area contributed by atoms with E-state index in [-0.39, 0.29) is 54.2 Å². The zero-order valence-corrected chi connectivity index (χ0v) is 23.4. The number of halogens is 1. The largest absolute Gasteiger partial charge is 0.487 e. The van der Waals surface area contributed by atoms with Gasteiger partial charge in [0.15, 0.2) is 0 Å². The normalized spacial score (nSPS) is 19.1. The maximum atomic E-state index is 14.1. The molecule has 1 amide bonds. The number of rotatable bonds is 6. The van der Waals surface area contributed by atoms with Crippen molar-refractivity contribution in [1.29, 1.82) is 0 Å². The van der Waals surface area contributed by atoms with Gasteiger partial charge in [-0.15, -0.1) is 0 Å². The van der Waals surface area contributed by atoms with Crippen LogP contribution in [-0.4, -0.2) is 72.5 Å². The van der Waals surface area contributed by atoms with E-state index >= 15 is 0 Å². The van der Waals surface area contributed by atoms with Crippen LogP contribution in [0.25, 0.3) is 0 Å². The second-order valence-corrected chi connectivity index (χ2v) is 11.8. The highest BCUT2D eigenvalue weighted by molar-refractivity contribution is 7.89. The van der Waals surface area contributed by atoms with Crippen LogP contribution in [0.2, 0.25) is 0 Å². The molecule has 2 heterocycles. The maximum Gasteiger partial charge on any atom is 0.247 e. The van der Waals surface area contributed by atoms with Gasteiger partial charge >= 0.3 is 0 Å². The average molecular weight is 566 g/mol. The van der Waals surface area contributed by atoms with Gasteiger partial charge in [-0.2, -0.15) is 4.31 Å². The summed E-state index contributed by atoms with van der Waals surface area (Å²) >= 11 is 0. The molecule has 0 unspecified atom stereocenters. The van der Waals surface area contributed by atoms with Crippen LogP contribution in [0.1, 0.15) is 30.5 Å². The molecule has 1 aliphatic heterocycles. The molecule has 40 heavy (non-hydrogen) atoms. The molecule has 10 heteroatoms. The van der Waals surface area contributed by atoms with Crippen LogP contribution in [-0.2, 0) is 21.2 Å². The Bertz CT molecular complexity index is 1520. The molecule has 0 spiro atoms. The van der Waals surface area contributed by atoms with Crippen molar-refractivity contribution in [1.82, 2.24) is 14.2 Å². The van der Waals surface area contributed by atoms with Crippen LogP contribution in [0.3, 0.4) is 0 Å². The quantitative estimate of drug-likeness (QED) is 0.461. The number of hydrogen-bond donors (Lipinski definition) is 1. The summed E-state index contributed by atoms with van der Waals surface area (Å²) in [6.07, 6.45) is 2.88. The fourth-order valence-corrected chi connectivity index (χ4v) is 6.23. The van der Waals surface area contributed by atoms with Crippen molar-refractivity contribution < 1.29 is 27.4 Å². The minimum atomic E-state index is -4.03. The third-order valence-electron chi connectivity index (χ3n) is 6.84. The highest BCUT2D eigenvalue weighted by Crippen LogP contribution is 2.34. The topological polar surface area (TPSA) is 100 Å². The fraction of sp³-hybridized carbons (Fsp3) is 0.333. The van der Waals surface area contributed by atoms with E-state index in [4.69, 9.17) is 4.74 Å². The summed E-state index contributed by atoms with van der Waals surface area (Å²) in [6.45, 7) is 3.42. The molecular weight excluding hydrogens is 533 g/mol. The molecule has 1 aromatic heterocycles. The van der Waals surface area contributed by atoms with E-state index in [2.05, 4.69) is 16.8 Å². The first-order valence-electron chi connectivity index (χ1n) is 12.9. The zero-order valence-electron chi connectivity index (χ0n) is 22.6. The molecule has 1 N–H and O–H groups in total. The minimum Gasteiger partial charge on any atom is -0.487 e. The van der Waals surface area contributed by atoms with Gasteiger partial charge in [0, 0.05) is 43.5 Å². The van der Waals surface area contributed by atoms with E-state index in [1.807, 2.05) is 13.0 Å². The van der Waals surface area contributed by atoms with Gasteiger partial charge in [0.25, 0.3) is 0 Å². The Morgan fingerprint density at radius 1 is 1.23 bits per heavy atom. The van der Waals surface area contributed by atoms with E-state index < -0.39 is 28.0 Å². The monoisotopic (exact) mass is 565 g/mol. The minimum absolute atomic E-state index is 0.0644. The number of ether oxygens (including phenoxy) is 1. The van der Waals surface area contributed by atoms with Crippen molar-refractivity contribution in [2.24, 2.45) is 5.92 Å². The SMILES string of the molecule is C[C@H]1CN([C@@H](C)CO)S(=O)(=O)c2ccc(C#Cc3ccccc3F)cc2O[C@H]1CN(C)C(=O)Cc1cccnc1. The molecule has 0 fully saturated rings. The predicted molar refractivity (Wildman–Crippen MR) is 148 cm³/mol. The van der Waals surface area contributed by atoms with E-state index in [9.17, 15) is 22.7 Å². The average Bonchev–Trinajstić information content (AvgIpc) is 2.94. The molecule has 210 valence electrons. The van der Waals surface area contributed by atoms with E-state index in [0.29, 0.717) is 5.56 Å². The first-order valence-corrected chi connectivity index (χ1v) is 14.4. The third kappa shape index (κ3) is 6.67. The summed E-state index contributed by atoms with van der Waals surface area (Å²) in [5.74, 6) is 4.82. The van der Waals surface area contributed by atoms with Crippen molar-refractivity contribution in [3.8, 4) is 17.6 Å². The van der Waals surface area contributed by atoms with Crippen LogP contribution >= 0.6 is 0 Å². The second kappa shape index (κ2) is 12.6. The number of aliphatic hydroxyl groups is 1. The van der Waals surface area contributed by atoms with Crippen LogP contribution in [0.15, 0.2) is 71.9 Å². The van der Waals surface area contributed by atoms with Crippen molar-refractivity contribution in [2.45, 2.75) is 37.3 Å². The number of carbonyl (C=O) groups excluding carboxylic acids is 1. The molecule has 3 atom stereocenters. The number of aromatic nitrogens is 1. The summed E-state index contributed by atoms with van der Waals surface area (Å²) < 4.78 is 49.0. The molecule has 0 saturated heterocycles. The number of likely N-dealkylation sites (N-methyl/N-ethyl adjacent to an activating group) is 1. The first kappa shape index (κ1) is 29.2. The van der Waals surface area contributed by atoms with E-state index in [1.165, 1.54) is 22.5 Å². The van der Waals surface area contributed by atoms with Crippen LogP contribution in [0.5, 0.6) is 5.75 Å². The third-order valence-corrected chi connectivity index (χ3v) is 8.86. The van der Waals surface area contributed by atoms with Crippen LogP contribution in [0, 0.1) is 23.6 Å². The number of carbonyl (C=O) groups is 1. The lowest BCUT2D eigenvalue weighted by Gasteiger charge is -2.37. The van der Waals surface area contributed by atoms with Crippen molar-refractivity contribution in [3.63, 3.8) is 0 Å². The molecular formula is C30H32FN3O5S. The first-order chi connectivity index (χ1) is 19.1. The molecule has 0 aliphatic carbocycles. The summed E-state index contributed by atoms with van der Waals surface area (Å²) in [7, 11) is -2.36. The summed E-state index contributed by atoms with van der Waals surface area (Å²) in [5, 5.41) is 9.84. The van der Waals surface area contributed by atoms with Gasteiger partial charge in [0.2, 0.25) is 15.9 Å². The predicted octanol–water partition coefficient (Wildman–Crippen LogP) is 3.09. The molecule has 1 aliphatic rings. The number of amides is 1. The lowest BCUT2D eigenvalue weighted by atomic mass is 10.0. The molecule has 4 rings (SSSR count). The van der Waals surface area contributed by atoms with Gasteiger partial charge < -0.3 is 14.7 Å². The number of benzene rings is 2. The highest BCUT2D eigenvalue weighted by atomic mass is 32.2. The number of nitrogens with zero attached hydrogens (tertiary/aromatic N) is 3. The Kier molecular flexibility index (Phi) is 9.20. The number of sulfonamides is 1. The zero-order chi connectivity index (χ0) is 28.9. The van der Waals surface area contributed by atoms with Crippen LogP contribution < -0.4 is 4.74 Å². The van der Waals surface area contributed by atoms with Gasteiger partial charge in [-0.1, -0.05) is 37.0 Å². The Hall–Kier alpha value is -3.78. The van der Waals surface area contributed by atoms with E-state index in [0.717, 1.165) is 5.56 Å². The van der Waals surface area contributed by atoms with Gasteiger partial charge in [0.1, 0.15) is 22.6 Å². The van der Waals surface area contributed by atoms with Gasteiger partial charge in [-0.05, 0) is 48.9 Å². The van der Waals surface area contributed by atoms with Crippen molar-refractivity contribution in [3.05, 3.63) is 89.5 Å². The Morgan fingerprint density at radius 2 is 2.00 bits per heavy atom. The lowest BCUT2D eigenvalue weighted by Crippen LogP contribution is -2.50. The maximum absolute atomic E-state index is 14.1. The molecule has 8 nitrogen and oxygen atoms in total. The standard InChI is InChI=1S/C30H32FN3O5S/c1-21-18-34(22(2)20-35)40(37,38)29-13-11-23(10-12-25-8-4-5-9-26(25)31)15-27(29)39-28(21)19-33(3)30(36)16-24-7-6-14-32-17-24/h4-9,11,13-15,17,21-22,28,35H,16,18-20H2,1-3H3/t21-,22-,28-/m0/s1. The summed E-state index contributed by atoms with van der Waals surface area (Å²) in [4.78, 5) is 18.5. The number of aliphatic hydroxyl groups excluding tert-OH is 1. The Morgan fingerprint density at radius 3 is 2.70 bits per heavy atom. The number of fused-ring (bicyclic) bond motifs is 1. The number of pyridine rings is 1. The summed E-state index contributed by atoms with van der Waals surface area (Å²) in [6, 6.07) is 13.5. The highest BCUT2D eigenvalue weighted by Gasteiger charge is 2.38. The summed E-state index contributed by atoms with van der Waals surface area (Å²) in [5.41, 5.74) is 1.43. The van der Waals surface area contributed by atoms with Gasteiger partial charge in [-0.25, -0.2) is 12.8 Å². The Labute approximate surface area is 234 Å². The van der Waals surface area contributed by atoms with Crippen molar-refractivity contribution >= 4 is 15.9 Å². The Balaban J connectivity index is 1.68. The van der Waals surface area contributed by atoms with Crippen molar-refractivity contribution in [2.75, 3.05) is 26.7 Å². The molecule has 0 radical (unpaired) electrons. The van der Waals surface area contributed by atoms with Gasteiger partial charge in [0.05, 0.1) is 25.1 Å². The fourth-order valence-electron chi connectivity index (χ4n) is 4.41. The lowest BCUT2D eigenvalue weighted by molar-refractivity contribution is -0.130.